The summed E-state index contributed by atoms with van der Waals surface area (Å²) in [5, 5.41) is 8.69. The van der Waals surface area contributed by atoms with Gasteiger partial charge in [-0.3, -0.25) is 4.98 Å². The van der Waals surface area contributed by atoms with E-state index >= 15 is 0 Å². The molecule has 0 saturated heterocycles. The van der Waals surface area contributed by atoms with E-state index in [1.54, 1.807) is 0 Å². The molecular weight excluding hydrogens is 232 g/mol. The molecule has 2 nitrogen and oxygen atoms in total. The van der Waals surface area contributed by atoms with E-state index in [4.69, 9.17) is 5.11 Å². The molecule has 0 aromatic carbocycles. The van der Waals surface area contributed by atoms with E-state index in [2.05, 4.69) is 20.9 Å². The molecule has 12 heavy (non-hydrogen) atoms. The lowest BCUT2D eigenvalue weighted by molar-refractivity contribution is 0.150. The zero-order valence-corrected chi connectivity index (χ0v) is 7.55. The van der Waals surface area contributed by atoms with Gasteiger partial charge in [-0.1, -0.05) is 0 Å². The first-order valence-corrected chi connectivity index (χ1v) is 3.98. The highest BCUT2D eigenvalue weighted by Gasteiger charge is 2.13. The molecule has 0 aliphatic rings. The third-order valence-electron chi connectivity index (χ3n) is 1.38. The molecule has 0 bridgehead atoms. The van der Waals surface area contributed by atoms with Gasteiger partial charge < -0.3 is 5.11 Å². The van der Waals surface area contributed by atoms with Gasteiger partial charge in [0.1, 0.15) is 0 Å². The number of aromatic nitrogens is 1. The quantitative estimate of drug-likeness (QED) is 0.857. The number of hydrogen-bond donors (Lipinski definition) is 1. The minimum Gasteiger partial charge on any atom is -0.390 e. The van der Waals surface area contributed by atoms with Crippen molar-refractivity contribution in [1.82, 2.24) is 4.98 Å². The number of aliphatic hydroxyl groups excluding tert-OH is 1. The van der Waals surface area contributed by atoms with Crippen molar-refractivity contribution < 1.29 is 13.9 Å². The van der Waals surface area contributed by atoms with Crippen LogP contribution in [0.4, 0.5) is 8.78 Å². The maximum atomic E-state index is 12.2. The summed E-state index contributed by atoms with van der Waals surface area (Å²) >= 11 is 2.94. The molecule has 0 spiro atoms. The first-order chi connectivity index (χ1) is 5.66. The molecule has 0 radical (unpaired) electrons. The van der Waals surface area contributed by atoms with Crippen molar-refractivity contribution in [3.05, 3.63) is 28.0 Å². The summed E-state index contributed by atoms with van der Waals surface area (Å²) in [7, 11) is 0. The topological polar surface area (TPSA) is 33.1 Å². The Balaban J connectivity index is 3.14. The molecule has 0 saturated carbocycles. The summed E-state index contributed by atoms with van der Waals surface area (Å²) in [4.78, 5) is 3.71. The van der Waals surface area contributed by atoms with E-state index in [9.17, 15) is 8.78 Å². The monoisotopic (exact) mass is 237 g/mol. The Labute approximate surface area is 76.4 Å². The third-order valence-corrected chi connectivity index (χ3v) is 2.29. The standard InChI is InChI=1S/C7H6BrF2NO/c8-6-4(7(9)10)1-2-11-5(6)3-12/h1-2,7,12H,3H2. The smallest absolute Gasteiger partial charge is 0.265 e. The van der Waals surface area contributed by atoms with Crippen LogP contribution in [0.25, 0.3) is 0 Å². The lowest BCUT2D eigenvalue weighted by Gasteiger charge is -2.05. The van der Waals surface area contributed by atoms with E-state index in [1.807, 2.05) is 0 Å². The number of halogens is 3. The Bertz CT molecular complexity index is 280. The molecule has 66 valence electrons. The first-order valence-electron chi connectivity index (χ1n) is 3.19. The number of rotatable bonds is 2. The largest absolute Gasteiger partial charge is 0.390 e. The highest BCUT2D eigenvalue weighted by Crippen LogP contribution is 2.28. The molecule has 0 atom stereocenters. The van der Waals surface area contributed by atoms with Crippen LogP contribution in [0.3, 0.4) is 0 Å². The highest BCUT2D eigenvalue weighted by atomic mass is 79.9. The predicted molar refractivity (Wildman–Crippen MR) is 42.8 cm³/mol. The van der Waals surface area contributed by atoms with Crippen LogP contribution < -0.4 is 0 Å². The molecule has 1 N–H and O–H groups in total. The fourth-order valence-electron chi connectivity index (χ4n) is 0.783. The second-order valence-electron chi connectivity index (χ2n) is 2.12. The number of alkyl halides is 2. The van der Waals surface area contributed by atoms with Crippen LogP contribution >= 0.6 is 15.9 Å². The highest BCUT2D eigenvalue weighted by molar-refractivity contribution is 9.10. The van der Waals surface area contributed by atoms with Crippen molar-refractivity contribution in [2.24, 2.45) is 0 Å². The van der Waals surface area contributed by atoms with Crippen LogP contribution in [0, 0.1) is 0 Å². The fraction of sp³-hybridized carbons (Fsp3) is 0.286. The van der Waals surface area contributed by atoms with Gasteiger partial charge in [-0.05, 0) is 22.0 Å². The molecule has 1 aromatic rings. The van der Waals surface area contributed by atoms with Crippen molar-refractivity contribution in [3.63, 3.8) is 0 Å². The average Bonchev–Trinajstić information content (AvgIpc) is 2.04. The molecular formula is C7H6BrF2NO. The van der Waals surface area contributed by atoms with Crippen LogP contribution in [0.5, 0.6) is 0 Å². The van der Waals surface area contributed by atoms with Gasteiger partial charge in [0.2, 0.25) is 0 Å². The Morgan fingerprint density at radius 2 is 2.25 bits per heavy atom. The summed E-state index contributed by atoms with van der Waals surface area (Å²) in [5.74, 6) is 0. The zero-order valence-electron chi connectivity index (χ0n) is 5.97. The lowest BCUT2D eigenvalue weighted by atomic mass is 10.2. The normalized spacial score (nSPS) is 10.8. The van der Waals surface area contributed by atoms with Crippen LogP contribution in [-0.2, 0) is 6.61 Å². The Morgan fingerprint density at radius 1 is 1.58 bits per heavy atom. The summed E-state index contributed by atoms with van der Waals surface area (Å²) in [6.07, 6.45) is -1.30. The van der Waals surface area contributed by atoms with E-state index in [0.29, 0.717) is 0 Å². The van der Waals surface area contributed by atoms with Gasteiger partial charge in [0.25, 0.3) is 6.43 Å². The van der Waals surface area contributed by atoms with Crippen molar-refractivity contribution in [1.29, 1.82) is 0 Å². The second kappa shape index (κ2) is 3.91. The van der Waals surface area contributed by atoms with Gasteiger partial charge in [-0.15, -0.1) is 0 Å². The van der Waals surface area contributed by atoms with Gasteiger partial charge in [-0.25, -0.2) is 8.78 Å². The maximum Gasteiger partial charge on any atom is 0.265 e. The summed E-state index contributed by atoms with van der Waals surface area (Å²) < 4.78 is 24.6. The molecule has 0 amide bonds. The van der Waals surface area contributed by atoms with Crippen LogP contribution in [0.15, 0.2) is 16.7 Å². The fourth-order valence-corrected chi connectivity index (χ4v) is 1.32. The molecule has 0 aliphatic heterocycles. The van der Waals surface area contributed by atoms with Crippen LogP contribution in [-0.4, -0.2) is 10.1 Å². The van der Waals surface area contributed by atoms with E-state index in [-0.39, 0.29) is 22.3 Å². The molecule has 1 rings (SSSR count). The Morgan fingerprint density at radius 3 is 2.75 bits per heavy atom. The van der Waals surface area contributed by atoms with Crippen molar-refractivity contribution in [2.75, 3.05) is 0 Å². The lowest BCUT2D eigenvalue weighted by Crippen LogP contribution is -1.95. The van der Waals surface area contributed by atoms with Crippen molar-refractivity contribution in [2.45, 2.75) is 13.0 Å². The van der Waals surface area contributed by atoms with E-state index in [0.717, 1.165) is 0 Å². The molecule has 0 unspecified atom stereocenters. The number of nitrogens with zero attached hydrogens (tertiary/aromatic N) is 1. The Hall–Kier alpha value is -0.550. The second-order valence-corrected chi connectivity index (χ2v) is 2.91. The predicted octanol–water partition coefficient (Wildman–Crippen LogP) is 2.27. The SMILES string of the molecule is OCc1nccc(C(F)F)c1Br. The number of aliphatic hydroxyl groups is 1. The number of hydrogen-bond acceptors (Lipinski definition) is 2. The number of pyridine rings is 1. The van der Waals surface area contributed by atoms with Gasteiger partial charge >= 0.3 is 0 Å². The molecule has 1 heterocycles. The van der Waals surface area contributed by atoms with Crippen molar-refractivity contribution in [3.8, 4) is 0 Å². The van der Waals surface area contributed by atoms with Gasteiger partial charge in [0.15, 0.2) is 0 Å². The molecule has 1 aromatic heterocycles. The minimum absolute atomic E-state index is 0.144. The van der Waals surface area contributed by atoms with Gasteiger partial charge in [-0.2, -0.15) is 0 Å². The van der Waals surface area contributed by atoms with Gasteiger partial charge in [0, 0.05) is 11.8 Å². The van der Waals surface area contributed by atoms with Crippen LogP contribution in [0.1, 0.15) is 17.7 Å². The van der Waals surface area contributed by atoms with Crippen molar-refractivity contribution >= 4 is 15.9 Å². The summed E-state index contributed by atoms with van der Waals surface area (Å²) in [6.45, 7) is -0.346. The maximum absolute atomic E-state index is 12.2. The zero-order chi connectivity index (χ0) is 9.14. The average molecular weight is 238 g/mol. The summed E-state index contributed by atoms with van der Waals surface area (Å²) in [5.41, 5.74) is 0.0850. The first kappa shape index (κ1) is 9.54. The van der Waals surface area contributed by atoms with Crippen LogP contribution in [0.2, 0.25) is 0 Å². The minimum atomic E-state index is -2.55. The van der Waals surface area contributed by atoms with E-state index in [1.165, 1.54) is 12.3 Å². The van der Waals surface area contributed by atoms with Gasteiger partial charge in [0.05, 0.1) is 16.8 Å². The molecule has 0 aliphatic carbocycles. The third kappa shape index (κ3) is 1.78. The van der Waals surface area contributed by atoms with E-state index < -0.39 is 6.43 Å². The molecule has 0 fully saturated rings. The Kier molecular flexibility index (Phi) is 3.11. The molecule has 5 heteroatoms. The summed E-state index contributed by atoms with van der Waals surface area (Å²) in [6, 6.07) is 1.22.